The van der Waals surface area contributed by atoms with Crippen LogP contribution in [0.25, 0.3) is 11.3 Å². The van der Waals surface area contributed by atoms with Gasteiger partial charge in [-0.2, -0.15) is 0 Å². The molecule has 8 heteroatoms. The minimum absolute atomic E-state index is 0.0578. The van der Waals surface area contributed by atoms with Crippen molar-refractivity contribution in [3.63, 3.8) is 0 Å². The maximum atomic E-state index is 14.1. The molecule has 0 radical (unpaired) electrons. The Hall–Kier alpha value is -3.62. The SMILES string of the molecule is O=C(Cc1ccc(-c2ccccc2F)nc1)c1ccc(OC2CC2)c(NC(=O)C2(N3CCOCC3)CC2)c1. The molecule has 1 aromatic heterocycles. The first kappa shape index (κ1) is 24.7. The second-order valence-corrected chi connectivity index (χ2v) is 10.2. The number of aromatic nitrogens is 1. The Bertz CT molecular complexity index is 1350. The molecule has 1 N–H and O–H groups in total. The second kappa shape index (κ2) is 10.3. The number of anilines is 1. The standard InChI is InChI=1S/C30H30FN3O4/c31-24-4-2-1-3-23(24)25-9-5-20(19-32-25)17-27(35)21-6-10-28(38-22-7-8-22)26(18-21)33-29(36)30(11-12-30)34-13-15-37-16-14-34/h1-6,9-10,18-19,22H,7-8,11-17H2,(H,33,36). The molecule has 0 bridgehead atoms. The number of carbonyl (C=O) groups is 2. The number of carbonyl (C=O) groups excluding carboxylic acids is 2. The van der Waals surface area contributed by atoms with E-state index in [1.807, 2.05) is 0 Å². The Balaban J connectivity index is 1.18. The van der Waals surface area contributed by atoms with Crippen molar-refractivity contribution in [2.75, 3.05) is 31.6 Å². The lowest BCUT2D eigenvalue weighted by molar-refractivity contribution is -0.124. The molecule has 3 fully saturated rings. The summed E-state index contributed by atoms with van der Waals surface area (Å²) in [5.41, 5.74) is 2.16. The van der Waals surface area contributed by atoms with Gasteiger partial charge in [-0.05, 0) is 67.6 Å². The van der Waals surface area contributed by atoms with E-state index in [0.717, 1.165) is 44.3 Å². The number of halogens is 1. The minimum Gasteiger partial charge on any atom is -0.488 e. The van der Waals surface area contributed by atoms with Gasteiger partial charge in [-0.25, -0.2) is 4.39 Å². The van der Waals surface area contributed by atoms with Gasteiger partial charge in [-0.3, -0.25) is 19.5 Å². The number of Topliss-reactive ketones (excluding diaryl/α,β-unsaturated/α-hetero) is 1. The first-order valence-electron chi connectivity index (χ1n) is 13.2. The lowest BCUT2D eigenvalue weighted by atomic mass is 10.0. The van der Waals surface area contributed by atoms with Crippen molar-refractivity contribution in [2.45, 2.75) is 43.7 Å². The normalized spacial score (nSPS) is 18.6. The number of hydrogen-bond acceptors (Lipinski definition) is 6. The highest BCUT2D eigenvalue weighted by Gasteiger charge is 2.54. The van der Waals surface area contributed by atoms with Crippen LogP contribution in [0.4, 0.5) is 10.1 Å². The molecular formula is C30H30FN3O4. The lowest BCUT2D eigenvalue weighted by Crippen LogP contribution is -2.51. The predicted molar refractivity (Wildman–Crippen MR) is 141 cm³/mol. The average molecular weight is 516 g/mol. The number of benzene rings is 2. The number of hydrogen-bond donors (Lipinski definition) is 1. The largest absolute Gasteiger partial charge is 0.488 e. The summed E-state index contributed by atoms with van der Waals surface area (Å²) in [6.45, 7) is 2.73. The van der Waals surface area contributed by atoms with E-state index in [1.54, 1.807) is 54.7 Å². The fraction of sp³-hybridized carbons (Fsp3) is 0.367. The zero-order chi connectivity index (χ0) is 26.1. The molecular weight excluding hydrogens is 485 g/mol. The zero-order valence-corrected chi connectivity index (χ0v) is 21.1. The summed E-state index contributed by atoms with van der Waals surface area (Å²) >= 11 is 0. The third-order valence-electron chi connectivity index (χ3n) is 7.47. The van der Waals surface area contributed by atoms with E-state index in [1.165, 1.54) is 6.07 Å². The molecule has 1 saturated heterocycles. The van der Waals surface area contributed by atoms with Crippen molar-refractivity contribution < 1.29 is 23.5 Å². The van der Waals surface area contributed by atoms with Crippen LogP contribution in [0.15, 0.2) is 60.8 Å². The molecule has 0 spiro atoms. The van der Waals surface area contributed by atoms with Crippen molar-refractivity contribution in [3.8, 4) is 17.0 Å². The number of pyridine rings is 1. The highest BCUT2D eigenvalue weighted by Crippen LogP contribution is 2.44. The molecule has 3 aromatic rings. The van der Waals surface area contributed by atoms with Gasteiger partial charge in [0.15, 0.2) is 5.78 Å². The van der Waals surface area contributed by atoms with E-state index < -0.39 is 5.54 Å². The van der Waals surface area contributed by atoms with E-state index in [9.17, 15) is 14.0 Å². The summed E-state index contributed by atoms with van der Waals surface area (Å²) in [7, 11) is 0. The summed E-state index contributed by atoms with van der Waals surface area (Å²) in [5, 5.41) is 3.09. The van der Waals surface area contributed by atoms with Crippen LogP contribution < -0.4 is 10.1 Å². The van der Waals surface area contributed by atoms with E-state index in [-0.39, 0.29) is 30.0 Å². The van der Waals surface area contributed by atoms with Crippen LogP contribution in [0.3, 0.4) is 0 Å². The summed E-state index contributed by atoms with van der Waals surface area (Å²) in [5.74, 6) is 0.0883. The number of rotatable bonds is 9. The molecule has 196 valence electrons. The first-order chi connectivity index (χ1) is 18.5. The van der Waals surface area contributed by atoms with E-state index in [0.29, 0.717) is 41.5 Å². The number of morpholine rings is 1. The molecule has 6 rings (SSSR count). The van der Waals surface area contributed by atoms with Crippen molar-refractivity contribution in [3.05, 3.63) is 77.7 Å². The Morgan fingerprint density at radius 2 is 1.87 bits per heavy atom. The Labute approximate surface area is 221 Å². The molecule has 0 unspecified atom stereocenters. The van der Waals surface area contributed by atoms with Crippen LogP contribution in [0.2, 0.25) is 0 Å². The van der Waals surface area contributed by atoms with Crippen LogP contribution >= 0.6 is 0 Å². The van der Waals surface area contributed by atoms with Gasteiger partial charge in [0.1, 0.15) is 17.1 Å². The Morgan fingerprint density at radius 1 is 1.08 bits per heavy atom. The molecule has 2 saturated carbocycles. The van der Waals surface area contributed by atoms with Gasteiger partial charge in [-0.1, -0.05) is 18.2 Å². The molecule has 3 aliphatic rings. The van der Waals surface area contributed by atoms with Crippen LogP contribution in [0, 0.1) is 5.82 Å². The third kappa shape index (κ3) is 5.19. The zero-order valence-electron chi connectivity index (χ0n) is 21.1. The van der Waals surface area contributed by atoms with E-state index in [2.05, 4.69) is 15.2 Å². The Morgan fingerprint density at radius 3 is 2.55 bits per heavy atom. The van der Waals surface area contributed by atoms with Gasteiger partial charge in [0.05, 0.1) is 30.7 Å². The summed E-state index contributed by atoms with van der Waals surface area (Å²) in [6, 6.07) is 15.2. The topological polar surface area (TPSA) is 80.8 Å². The summed E-state index contributed by atoms with van der Waals surface area (Å²) in [4.78, 5) is 33.2. The maximum absolute atomic E-state index is 14.1. The van der Waals surface area contributed by atoms with Gasteiger partial charge in [0, 0.05) is 36.8 Å². The van der Waals surface area contributed by atoms with E-state index in [4.69, 9.17) is 9.47 Å². The smallest absolute Gasteiger partial charge is 0.245 e. The van der Waals surface area contributed by atoms with Gasteiger partial charge < -0.3 is 14.8 Å². The quantitative estimate of drug-likeness (QED) is 0.418. The number of ketones is 1. The monoisotopic (exact) mass is 515 g/mol. The maximum Gasteiger partial charge on any atom is 0.245 e. The molecule has 7 nitrogen and oxygen atoms in total. The van der Waals surface area contributed by atoms with Crippen molar-refractivity contribution >= 4 is 17.4 Å². The van der Waals surface area contributed by atoms with Gasteiger partial charge in [0.25, 0.3) is 0 Å². The molecule has 38 heavy (non-hydrogen) atoms. The van der Waals surface area contributed by atoms with Gasteiger partial charge >= 0.3 is 0 Å². The van der Waals surface area contributed by atoms with Crippen molar-refractivity contribution in [1.82, 2.24) is 9.88 Å². The molecule has 1 aliphatic heterocycles. The number of amides is 1. The van der Waals surface area contributed by atoms with Crippen molar-refractivity contribution in [1.29, 1.82) is 0 Å². The molecule has 2 aromatic carbocycles. The minimum atomic E-state index is -0.508. The predicted octanol–water partition coefficient (Wildman–Crippen LogP) is 4.66. The number of nitrogens with one attached hydrogen (secondary N) is 1. The number of ether oxygens (including phenoxy) is 2. The molecule has 2 heterocycles. The van der Waals surface area contributed by atoms with E-state index >= 15 is 0 Å². The fourth-order valence-electron chi connectivity index (χ4n) is 4.95. The molecule has 0 atom stereocenters. The van der Waals surface area contributed by atoms with Crippen molar-refractivity contribution in [2.24, 2.45) is 0 Å². The second-order valence-electron chi connectivity index (χ2n) is 10.2. The van der Waals surface area contributed by atoms with Crippen LogP contribution in [0.1, 0.15) is 41.6 Å². The van der Waals surface area contributed by atoms with Gasteiger partial charge in [0.2, 0.25) is 5.91 Å². The summed E-state index contributed by atoms with van der Waals surface area (Å²) in [6.07, 6.45) is 5.49. The average Bonchev–Trinajstić information content (AvgIpc) is 3.87. The number of nitrogens with zero attached hydrogens (tertiary/aromatic N) is 2. The summed E-state index contributed by atoms with van der Waals surface area (Å²) < 4.78 is 25.6. The van der Waals surface area contributed by atoms with Crippen LogP contribution in [-0.4, -0.2) is 59.5 Å². The third-order valence-corrected chi connectivity index (χ3v) is 7.47. The van der Waals surface area contributed by atoms with Crippen LogP contribution in [-0.2, 0) is 16.0 Å². The van der Waals surface area contributed by atoms with Crippen LogP contribution in [0.5, 0.6) is 5.75 Å². The lowest BCUT2D eigenvalue weighted by Gasteiger charge is -2.34. The molecule has 2 aliphatic carbocycles. The highest BCUT2D eigenvalue weighted by molar-refractivity contribution is 6.03. The fourth-order valence-corrected chi connectivity index (χ4v) is 4.95. The Kier molecular flexibility index (Phi) is 6.68. The van der Waals surface area contributed by atoms with Gasteiger partial charge in [-0.15, -0.1) is 0 Å². The highest BCUT2D eigenvalue weighted by atomic mass is 19.1. The first-order valence-corrected chi connectivity index (χ1v) is 13.2. The molecule has 1 amide bonds.